The largest absolute Gasteiger partial charge is 0.496 e. The van der Waals surface area contributed by atoms with Crippen LogP contribution in [0.3, 0.4) is 0 Å². The number of imidazole rings is 1. The molecule has 0 atom stereocenters. The van der Waals surface area contributed by atoms with Gasteiger partial charge in [-0.25, -0.2) is 19.7 Å². The molecule has 3 rings (SSSR count). The molecule has 7 heteroatoms. The smallest absolute Gasteiger partial charge is 0.339 e. The van der Waals surface area contributed by atoms with Gasteiger partial charge in [-0.1, -0.05) is 0 Å². The van der Waals surface area contributed by atoms with E-state index in [0.29, 0.717) is 28.3 Å². The van der Waals surface area contributed by atoms with Crippen molar-refractivity contribution in [3.05, 3.63) is 36.3 Å². The van der Waals surface area contributed by atoms with Crippen LogP contribution in [0.2, 0.25) is 0 Å². The zero-order valence-corrected chi connectivity index (χ0v) is 11.4. The van der Waals surface area contributed by atoms with E-state index in [2.05, 4.69) is 15.0 Å². The van der Waals surface area contributed by atoms with Crippen molar-refractivity contribution in [2.75, 3.05) is 7.11 Å². The van der Waals surface area contributed by atoms with Gasteiger partial charge in [0.2, 0.25) is 0 Å². The van der Waals surface area contributed by atoms with E-state index in [0.717, 1.165) is 0 Å². The molecular formula is C14H12N4O3. The lowest BCUT2D eigenvalue weighted by atomic mass is 10.1. The van der Waals surface area contributed by atoms with Gasteiger partial charge < -0.3 is 14.4 Å². The molecule has 0 aliphatic heterocycles. The first-order valence-corrected chi connectivity index (χ1v) is 6.16. The van der Waals surface area contributed by atoms with Gasteiger partial charge in [-0.15, -0.1) is 0 Å². The second-order valence-corrected chi connectivity index (χ2v) is 4.48. The molecule has 0 saturated heterocycles. The van der Waals surface area contributed by atoms with Gasteiger partial charge in [-0.05, 0) is 18.2 Å². The van der Waals surface area contributed by atoms with Crippen LogP contribution < -0.4 is 4.74 Å². The minimum Gasteiger partial charge on any atom is -0.496 e. The molecule has 3 aromatic rings. The molecule has 0 radical (unpaired) electrons. The lowest BCUT2D eigenvalue weighted by Crippen LogP contribution is -2.01. The highest BCUT2D eigenvalue weighted by atomic mass is 16.5. The third-order valence-electron chi connectivity index (χ3n) is 3.14. The quantitative estimate of drug-likeness (QED) is 0.787. The molecule has 0 bridgehead atoms. The number of hydrogen-bond donors (Lipinski definition) is 1. The Hall–Kier alpha value is -2.96. The fourth-order valence-electron chi connectivity index (χ4n) is 2.07. The van der Waals surface area contributed by atoms with Crippen LogP contribution in [0.25, 0.3) is 22.6 Å². The Bertz CT molecular complexity index is 841. The number of benzene rings is 1. The SMILES string of the molecule is COc1ccc(-c2ncc3ncn(C)c3n2)cc1C(=O)O. The van der Waals surface area contributed by atoms with Crippen LogP contribution in [-0.4, -0.2) is 37.7 Å². The first-order chi connectivity index (χ1) is 10.1. The van der Waals surface area contributed by atoms with Crippen molar-refractivity contribution < 1.29 is 14.6 Å². The summed E-state index contributed by atoms with van der Waals surface area (Å²) in [5, 5.41) is 9.22. The minimum atomic E-state index is -1.06. The average molecular weight is 284 g/mol. The molecule has 0 aliphatic rings. The molecule has 0 spiro atoms. The zero-order valence-electron chi connectivity index (χ0n) is 11.4. The van der Waals surface area contributed by atoms with Crippen LogP contribution in [0.15, 0.2) is 30.7 Å². The van der Waals surface area contributed by atoms with Gasteiger partial charge in [0.15, 0.2) is 11.5 Å². The number of nitrogens with zero attached hydrogens (tertiary/aromatic N) is 4. The normalized spacial score (nSPS) is 10.8. The van der Waals surface area contributed by atoms with E-state index < -0.39 is 5.97 Å². The van der Waals surface area contributed by atoms with E-state index >= 15 is 0 Å². The van der Waals surface area contributed by atoms with E-state index in [4.69, 9.17) is 4.74 Å². The Morgan fingerprint density at radius 1 is 1.33 bits per heavy atom. The molecule has 106 valence electrons. The molecule has 21 heavy (non-hydrogen) atoms. The summed E-state index contributed by atoms with van der Waals surface area (Å²) in [6, 6.07) is 4.82. The minimum absolute atomic E-state index is 0.0729. The summed E-state index contributed by atoms with van der Waals surface area (Å²) >= 11 is 0. The van der Waals surface area contributed by atoms with E-state index in [-0.39, 0.29) is 5.56 Å². The van der Waals surface area contributed by atoms with Gasteiger partial charge in [-0.3, -0.25) is 0 Å². The maximum absolute atomic E-state index is 11.3. The van der Waals surface area contributed by atoms with Crippen LogP contribution in [0.1, 0.15) is 10.4 Å². The van der Waals surface area contributed by atoms with Gasteiger partial charge in [0.1, 0.15) is 16.8 Å². The number of ether oxygens (including phenoxy) is 1. The molecule has 0 fully saturated rings. The maximum Gasteiger partial charge on any atom is 0.339 e. The number of carboxylic acid groups (broad SMARTS) is 1. The lowest BCUT2D eigenvalue weighted by molar-refractivity contribution is 0.0693. The second-order valence-electron chi connectivity index (χ2n) is 4.48. The number of carboxylic acids is 1. The predicted molar refractivity (Wildman–Crippen MR) is 75.3 cm³/mol. The molecule has 2 heterocycles. The summed E-state index contributed by atoms with van der Waals surface area (Å²) in [5.74, 6) is -0.320. The Morgan fingerprint density at radius 2 is 2.14 bits per heavy atom. The third kappa shape index (κ3) is 2.18. The maximum atomic E-state index is 11.3. The van der Waals surface area contributed by atoms with Gasteiger partial charge in [0.05, 0.1) is 19.6 Å². The number of rotatable bonds is 3. The standard InChI is InChI=1S/C14H12N4O3/c1-18-7-16-10-6-15-12(17-13(10)18)8-3-4-11(21-2)9(5-8)14(19)20/h3-7H,1-2H3,(H,19,20). The van der Waals surface area contributed by atoms with E-state index in [1.807, 2.05) is 7.05 Å². The summed E-state index contributed by atoms with van der Waals surface area (Å²) in [6.07, 6.45) is 3.27. The molecule has 7 nitrogen and oxygen atoms in total. The fraction of sp³-hybridized carbons (Fsp3) is 0.143. The fourth-order valence-corrected chi connectivity index (χ4v) is 2.07. The van der Waals surface area contributed by atoms with Crippen molar-refractivity contribution in [2.24, 2.45) is 7.05 Å². The first-order valence-electron chi connectivity index (χ1n) is 6.16. The van der Waals surface area contributed by atoms with E-state index in [1.54, 1.807) is 29.2 Å². The van der Waals surface area contributed by atoms with Crippen molar-refractivity contribution in [1.82, 2.24) is 19.5 Å². The van der Waals surface area contributed by atoms with Crippen LogP contribution >= 0.6 is 0 Å². The highest BCUT2D eigenvalue weighted by Crippen LogP contribution is 2.25. The predicted octanol–water partition coefficient (Wildman–Crippen LogP) is 1.74. The number of methoxy groups -OCH3 is 1. The van der Waals surface area contributed by atoms with E-state index in [9.17, 15) is 9.90 Å². The molecule has 0 unspecified atom stereocenters. The highest BCUT2D eigenvalue weighted by Gasteiger charge is 2.14. The van der Waals surface area contributed by atoms with Crippen molar-refractivity contribution in [2.45, 2.75) is 0 Å². The van der Waals surface area contributed by atoms with Crippen LogP contribution in [0.5, 0.6) is 5.75 Å². The van der Waals surface area contributed by atoms with Gasteiger partial charge in [-0.2, -0.15) is 0 Å². The number of carbonyl (C=O) groups is 1. The number of aryl methyl sites for hydroxylation is 1. The van der Waals surface area contributed by atoms with Crippen LogP contribution in [0.4, 0.5) is 0 Å². The second kappa shape index (κ2) is 4.86. The zero-order chi connectivity index (χ0) is 15.0. The first kappa shape index (κ1) is 13.0. The Balaban J connectivity index is 2.15. The summed E-state index contributed by atoms with van der Waals surface area (Å²) in [4.78, 5) is 24.0. The Labute approximate surface area is 119 Å². The summed E-state index contributed by atoms with van der Waals surface area (Å²) in [7, 11) is 3.27. The molecule has 2 aromatic heterocycles. The molecule has 1 aromatic carbocycles. The van der Waals surface area contributed by atoms with Crippen molar-refractivity contribution >= 4 is 17.1 Å². The molecule has 0 saturated carbocycles. The summed E-state index contributed by atoms with van der Waals surface area (Å²) in [5.41, 5.74) is 2.06. The number of hydrogen-bond acceptors (Lipinski definition) is 5. The number of aromatic nitrogens is 4. The van der Waals surface area contributed by atoms with Crippen LogP contribution in [0, 0.1) is 0 Å². The van der Waals surface area contributed by atoms with Crippen LogP contribution in [-0.2, 0) is 7.05 Å². The molecule has 0 amide bonds. The van der Waals surface area contributed by atoms with Gasteiger partial charge >= 0.3 is 5.97 Å². The van der Waals surface area contributed by atoms with E-state index in [1.165, 1.54) is 13.2 Å². The topological polar surface area (TPSA) is 90.1 Å². The van der Waals surface area contributed by atoms with Gasteiger partial charge in [0.25, 0.3) is 0 Å². The van der Waals surface area contributed by atoms with Crippen molar-refractivity contribution in [1.29, 1.82) is 0 Å². The monoisotopic (exact) mass is 284 g/mol. The Morgan fingerprint density at radius 3 is 2.86 bits per heavy atom. The summed E-state index contributed by atoms with van der Waals surface area (Å²) in [6.45, 7) is 0. The van der Waals surface area contributed by atoms with Crippen molar-refractivity contribution in [3.63, 3.8) is 0 Å². The third-order valence-corrected chi connectivity index (χ3v) is 3.14. The lowest BCUT2D eigenvalue weighted by Gasteiger charge is -2.07. The summed E-state index contributed by atoms with van der Waals surface area (Å²) < 4.78 is 6.82. The Kier molecular flexibility index (Phi) is 3.02. The molecular weight excluding hydrogens is 272 g/mol. The average Bonchev–Trinajstić information content (AvgIpc) is 2.87. The van der Waals surface area contributed by atoms with Crippen molar-refractivity contribution in [3.8, 4) is 17.1 Å². The highest BCUT2D eigenvalue weighted by molar-refractivity contribution is 5.92. The number of aromatic carboxylic acids is 1. The number of fused-ring (bicyclic) bond motifs is 1. The molecule has 0 aliphatic carbocycles. The molecule has 1 N–H and O–H groups in total. The van der Waals surface area contributed by atoms with Gasteiger partial charge in [0, 0.05) is 12.6 Å².